The fourth-order valence-electron chi connectivity index (χ4n) is 4.38. The van der Waals surface area contributed by atoms with E-state index in [1.807, 2.05) is 37.3 Å². The van der Waals surface area contributed by atoms with Gasteiger partial charge in [-0.25, -0.2) is 9.97 Å². The van der Waals surface area contributed by atoms with Crippen LogP contribution in [0.3, 0.4) is 0 Å². The Morgan fingerprint density at radius 3 is 2.43 bits per heavy atom. The molecule has 5 rings (SSSR count). The SMILES string of the molecule is Cc1c(Oc2ccccc2C2COS(=O)OC2)ncnc1OC1CCN(Cc2ccccc2)CC1. The van der Waals surface area contributed by atoms with E-state index in [1.165, 1.54) is 11.9 Å². The topological polar surface area (TPSA) is 83.0 Å². The van der Waals surface area contributed by atoms with E-state index in [2.05, 4.69) is 39.1 Å². The van der Waals surface area contributed by atoms with Gasteiger partial charge in [0.05, 0.1) is 18.8 Å². The first-order valence-electron chi connectivity index (χ1n) is 11.9. The number of hydrogen-bond donors (Lipinski definition) is 0. The molecule has 35 heavy (non-hydrogen) atoms. The van der Waals surface area contributed by atoms with E-state index in [1.54, 1.807) is 0 Å². The van der Waals surface area contributed by atoms with Crippen molar-refractivity contribution in [2.45, 2.75) is 38.3 Å². The molecule has 0 spiro atoms. The van der Waals surface area contributed by atoms with Crippen molar-refractivity contribution in [3.05, 3.63) is 77.6 Å². The van der Waals surface area contributed by atoms with Crippen LogP contribution in [0.15, 0.2) is 60.9 Å². The minimum absolute atomic E-state index is 0.0807. The molecule has 2 saturated heterocycles. The summed E-state index contributed by atoms with van der Waals surface area (Å²) in [6.07, 6.45) is 3.46. The molecule has 0 amide bonds. The summed E-state index contributed by atoms with van der Waals surface area (Å²) in [7, 11) is 0. The molecule has 3 heterocycles. The lowest BCUT2D eigenvalue weighted by atomic mass is 10.00. The van der Waals surface area contributed by atoms with E-state index in [0.717, 1.165) is 43.6 Å². The first-order valence-corrected chi connectivity index (χ1v) is 12.9. The normalized spacial score (nSPS) is 21.5. The number of piperidine rings is 1. The molecule has 0 radical (unpaired) electrons. The molecule has 2 aromatic carbocycles. The fourth-order valence-corrected chi connectivity index (χ4v) is 5.00. The van der Waals surface area contributed by atoms with Crippen molar-refractivity contribution >= 4 is 11.4 Å². The Bertz CT molecular complexity index is 1140. The van der Waals surface area contributed by atoms with Crippen LogP contribution in [0, 0.1) is 6.92 Å². The Labute approximate surface area is 208 Å². The highest BCUT2D eigenvalue weighted by Crippen LogP contribution is 2.35. The van der Waals surface area contributed by atoms with Gasteiger partial charge < -0.3 is 9.47 Å². The van der Waals surface area contributed by atoms with Crippen molar-refractivity contribution in [1.82, 2.24) is 14.9 Å². The summed E-state index contributed by atoms with van der Waals surface area (Å²) in [5, 5.41) is 0. The highest BCUT2D eigenvalue weighted by Gasteiger charge is 2.26. The Balaban J connectivity index is 1.22. The van der Waals surface area contributed by atoms with Crippen LogP contribution in [0.2, 0.25) is 0 Å². The molecule has 0 saturated carbocycles. The molecule has 184 valence electrons. The van der Waals surface area contributed by atoms with Crippen molar-refractivity contribution in [2.75, 3.05) is 26.3 Å². The molecule has 0 atom stereocenters. The van der Waals surface area contributed by atoms with E-state index in [-0.39, 0.29) is 12.0 Å². The maximum Gasteiger partial charge on any atom is 0.304 e. The van der Waals surface area contributed by atoms with Crippen LogP contribution in [0.4, 0.5) is 0 Å². The highest BCUT2D eigenvalue weighted by atomic mass is 32.2. The van der Waals surface area contributed by atoms with Gasteiger partial charge in [0, 0.05) is 31.1 Å². The van der Waals surface area contributed by atoms with Gasteiger partial charge in [-0.2, -0.15) is 4.21 Å². The number of nitrogens with zero attached hydrogens (tertiary/aromatic N) is 3. The second-order valence-corrected chi connectivity index (χ2v) is 9.68. The van der Waals surface area contributed by atoms with Gasteiger partial charge in [0.1, 0.15) is 18.2 Å². The largest absolute Gasteiger partial charge is 0.474 e. The van der Waals surface area contributed by atoms with E-state index < -0.39 is 11.4 Å². The molecule has 0 aliphatic carbocycles. The lowest BCUT2D eigenvalue weighted by Gasteiger charge is -2.32. The van der Waals surface area contributed by atoms with Crippen LogP contribution < -0.4 is 9.47 Å². The van der Waals surface area contributed by atoms with Gasteiger partial charge in [0.2, 0.25) is 11.8 Å². The Morgan fingerprint density at radius 2 is 1.66 bits per heavy atom. The monoisotopic (exact) mass is 495 g/mol. The van der Waals surface area contributed by atoms with Crippen LogP contribution in [0.1, 0.15) is 35.4 Å². The van der Waals surface area contributed by atoms with E-state index in [0.29, 0.717) is 30.7 Å². The van der Waals surface area contributed by atoms with Gasteiger partial charge in [0.25, 0.3) is 0 Å². The smallest absolute Gasteiger partial charge is 0.304 e. The summed E-state index contributed by atoms with van der Waals surface area (Å²) in [5.74, 6) is 1.57. The molecule has 1 aromatic heterocycles. The number of hydrogen-bond acceptors (Lipinski definition) is 8. The van der Waals surface area contributed by atoms with Crippen LogP contribution in [0.5, 0.6) is 17.5 Å². The third-order valence-corrected chi connectivity index (χ3v) is 7.01. The lowest BCUT2D eigenvalue weighted by Crippen LogP contribution is -2.38. The molecule has 0 bridgehead atoms. The van der Waals surface area contributed by atoms with Gasteiger partial charge in [0.15, 0.2) is 0 Å². The zero-order valence-electron chi connectivity index (χ0n) is 19.7. The van der Waals surface area contributed by atoms with Gasteiger partial charge in [-0.1, -0.05) is 48.5 Å². The molecule has 0 unspecified atom stereocenters. The van der Waals surface area contributed by atoms with Gasteiger partial charge >= 0.3 is 11.4 Å². The number of ether oxygens (including phenoxy) is 2. The molecule has 2 aliphatic heterocycles. The molecule has 2 fully saturated rings. The summed E-state index contributed by atoms with van der Waals surface area (Å²) in [4.78, 5) is 11.2. The van der Waals surface area contributed by atoms with Crippen molar-refractivity contribution < 1.29 is 22.0 Å². The quantitative estimate of drug-likeness (QED) is 0.479. The molecule has 8 nitrogen and oxygen atoms in total. The first kappa shape index (κ1) is 23.9. The maximum atomic E-state index is 11.4. The fraction of sp³-hybridized carbons (Fsp3) is 0.385. The van der Waals surface area contributed by atoms with Gasteiger partial charge in [-0.15, -0.1) is 0 Å². The number of aromatic nitrogens is 2. The molecule has 3 aromatic rings. The maximum absolute atomic E-state index is 11.4. The standard InChI is InChI=1S/C26H29N3O5S/c1-19-25(33-22-11-13-29(14-12-22)15-20-7-3-2-4-8-20)27-18-28-26(19)34-24-10-6-5-9-23(24)21-16-31-35(30)32-17-21/h2-10,18,21-22H,11-17H2,1H3. The second kappa shape index (κ2) is 11.3. The van der Waals surface area contributed by atoms with Crippen molar-refractivity contribution in [3.8, 4) is 17.5 Å². The van der Waals surface area contributed by atoms with Gasteiger partial charge in [-0.3, -0.25) is 13.3 Å². The van der Waals surface area contributed by atoms with Crippen LogP contribution >= 0.6 is 0 Å². The average molecular weight is 496 g/mol. The summed E-state index contributed by atoms with van der Waals surface area (Å²) < 4.78 is 34.2. The van der Waals surface area contributed by atoms with Crippen LogP contribution in [-0.2, 0) is 26.3 Å². The van der Waals surface area contributed by atoms with Crippen molar-refractivity contribution in [3.63, 3.8) is 0 Å². The zero-order valence-corrected chi connectivity index (χ0v) is 20.5. The number of likely N-dealkylation sites (tertiary alicyclic amines) is 1. The molecular formula is C26H29N3O5S. The summed E-state index contributed by atoms with van der Waals surface area (Å²) in [5.41, 5.74) is 3.00. The predicted octanol–water partition coefficient (Wildman–Crippen LogP) is 4.33. The summed E-state index contributed by atoms with van der Waals surface area (Å²) >= 11 is -1.68. The number of benzene rings is 2. The summed E-state index contributed by atoms with van der Waals surface area (Å²) in [6.45, 7) is 5.44. The molecule has 2 aliphatic rings. The molecular weight excluding hydrogens is 466 g/mol. The summed E-state index contributed by atoms with van der Waals surface area (Å²) in [6, 6.07) is 18.2. The first-order chi connectivity index (χ1) is 17.2. The van der Waals surface area contributed by atoms with Crippen molar-refractivity contribution in [1.29, 1.82) is 0 Å². The van der Waals surface area contributed by atoms with E-state index in [9.17, 15) is 4.21 Å². The van der Waals surface area contributed by atoms with Crippen LogP contribution in [-0.4, -0.2) is 51.5 Å². The van der Waals surface area contributed by atoms with Crippen LogP contribution in [0.25, 0.3) is 0 Å². The highest BCUT2D eigenvalue weighted by molar-refractivity contribution is 7.75. The van der Waals surface area contributed by atoms with Crippen molar-refractivity contribution in [2.24, 2.45) is 0 Å². The molecule has 0 N–H and O–H groups in total. The second-order valence-electron chi connectivity index (χ2n) is 8.80. The minimum Gasteiger partial charge on any atom is -0.474 e. The Morgan fingerprint density at radius 1 is 0.971 bits per heavy atom. The zero-order chi connectivity index (χ0) is 24.0. The minimum atomic E-state index is -1.68. The lowest BCUT2D eigenvalue weighted by molar-refractivity contribution is 0.0922. The number of rotatable bonds is 7. The van der Waals surface area contributed by atoms with Gasteiger partial charge in [-0.05, 0) is 31.4 Å². The van der Waals surface area contributed by atoms with E-state index in [4.69, 9.17) is 17.8 Å². The van der Waals surface area contributed by atoms with E-state index >= 15 is 0 Å². The average Bonchev–Trinajstić information content (AvgIpc) is 2.89. The molecule has 9 heteroatoms. The predicted molar refractivity (Wildman–Crippen MR) is 131 cm³/mol. The Hall–Kier alpha value is -2.85. The third-order valence-electron chi connectivity index (χ3n) is 6.35. The number of para-hydroxylation sites is 1. The Kier molecular flexibility index (Phi) is 7.68. The third kappa shape index (κ3) is 6.05.